The lowest BCUT2D eigenvalue weighted by atomic mass is 10.3. The summed E-state index contributed by atoms with van der Waals surface area (Å²) in [4.78, 5) is 13.0. The molecule has 2 heterocycles. The Morgan fingerprint density at radius 2 is 2.37 bits per heavy atom. The number of nitro groups is 1. The minimum atomic E-state index is -0.709. The molecule has 0 aromatic carbocycles. The van der Waals surface area contributed by atoms with Gasteiger partial charge in [-0.25, -0.2) is 0 Å². The van der Waals surface area contributed by atoms with Gasteiger partial charge in [0.05, 0.1) is 23.6 Å². The summed E-state index contributed by atoms with van der Waals surface area (Å²) in [6.07, 6.45) is 2.46. The van der Waals surface area contributed by atoms with Gasteiger partial charge in [0.25, 0.3) is 0 Å². The molecule has 0 radical (unpaired) electrons. The maximum atomic E-state index is 11.0. The highest BCUT2D eigenvalue weighted by molar-refractivity contribution is 7.16. The average molecular weight is 282 g/mol. The fraction of sp³-hybridized carbons (Fsp3) is 0.333. The molecule has 0 amide bonds. The topological polar surface area (TPSA) is 79.8 Å². The largest absolute Gasteiger partial charge is 0.472 e. The van der Waals surface area contributed by atoms with E-state index in [9.17, 15) is 15.2 Å². The van der Waals surface area contributed by atoms with E-state index in [0.29, 0.717) is 16.4 Å². The normalized spacial score (nSPS) is 12.4. The number of aliphatic hydroxyl groups excluding tert-OH is 1. The molecule has 0 aliphatic carbocycles. The van der Waals surface area contributed by atoms with E-state index >= 15 is 0 Å². The van der Waals surface area contributed by atoms with Crippen molar-refractivity contribution in [3.8, 4) is 0 Å². The van der Waals surface area contributed by atoms with E-state index in [4.69, 9.17) is 4.42 Å². The molecule has 1 N–H and O–H groups in total. The summed E-state index contributed by atoms with van der Waals surface area (Å²) in [6.45, 7) is 2.10. The summed E-state index contributed by atoms with van der Waals surface area (Å²) in [5.41, 5.74) is 0.954. The van der Waals surface area contributed by atoms with Crippen molar-refractivity contribution in [3.63, 3.8) is 0 Å². The van der Waals surface area contributed by atoms with Crippen LogP contribution in [-0.2, 0) is 6.54 Å². The Morgan fingerprint density at radius 1 is 1.63 bits per heavy atom. The van der Waals surface area contributed by atoms with Crippen LogP contribution in [0.1, 0.15) is 23.5 Å². The number of rotatable bonds is 5. The maximum Gasteiger partial charge on any atom is 0.304 e. The van der Waals surface area contributed by atoms with E-state index in [2.05, 4.69) is 0 Å². The molecule has 6 nitrogen and oxygen atoms in total. The van der Waals surface area contributed by atoms with E-state index in [0.717, 1.165) is 5.56 Å². The van der Waals surface area contributed by atoms with E-state index in [-0.39, 0.29) is 5.69 Å². The van der Waals surface area contributed by atoms with Crippen LogP contribution in [0.2, 0.25) is 0 Å². The van der Waals surface area contributed by atoms with E-state index in [1.54, 1.807) is 31.4 Å². The second-order valence-electron chi connectivity index (χ2n) is 4.26. The highest BCUT2D eigenvalue weighted by atomic mass is 32.1. The Labute approximate surface area is 114 Å². The third-order valence-electron chi connectivity index (χ3n) is 2.67. The number of aliphatic hydroxyl groups is 1. The first-order valence-electron chi connectivity index (χ1n) is 5.67. The molecule has 0 spiro atoms. The second kappa shape index (κ2) is 5.41. The summed E-state index contributed by atoms with van der Waals surface area (Å²) in [5.74, 6) is 0. The zero-order valence-electron chi connectivity index (χ0n) is 10.6. The maximum absolute atomic E-state index is 11.0. The minimum absolute atomic E-state index is 0.0203. The molecule has 0 saturated carbocycles. The number of nitrogens with zero attached hydrogens (tertiary/aromatic N) is 2. The third-order valence-corrected chi connectivity index (χ3v) is 4.08. The predicted molar refractivity (Wildman–Crippen MR) is 72.4 cm³/mol. The highest BCUT2D eigenvalue weighted by Gasteiger charge is 2.23. The van der Waals surface area contributed by atoms with Gasteiger partial charge in [-0.05, 0) is 13.0 Å². The van der Waals surface area contributed by atoms with Gasteiger partial charge in [-0.2, -0.15) is 0 Å². The minimum Gasteiger partial charge on any atom is -0.472 e. The van der Waals surface area contributed by atoms with Crippen LogP contribution < -0.4 is 4.90 Å². The van der Waals surface area contributed by atoms with E-state index in [1.807, 2.05) is 6.07 Å². The van der Waals surface area contributed by atoms with E-state index < -0.39 is 11.0 Å². The lowest BCUT2D eigenvalue weighted by molar-refractivity contribution is -0.383. The van der Waals surface area contributed by atoms with Gasteiger partial charge in [-0.1, -0.05) is 0 Å². The summed E-state index contributed by atoms with van der Waals surface area (Å²) < 4.78 is 4.98. The Kier molecular flexibility index (Phi) is 3.87. The third kappa shape index (κ3) is 2.94. The Morgan fingerprint density at radius 3 is 2.89 bits per heavy atom. The first kappa shape index (κ1) is 13.6. The van der Waals surface area contributed by atoms with Crippen LogP contribution in [0.5, 0.6) is 0 Å². The zero-order chi connectivity index (χ0) is 14.0. The number of hydrogen-bond acceptors (Lipinski definition) is 6. The molecule has 0 aliphatic heterocycles. The summed E-state index contributed by atoms with van der Waals surface area (Å²) >= 11 is 1.23. The van der Waals surface area contributed by atoms with Crippen molar-refractivity contribution in [1.82, 2.24) is 0 Å². The Bertz CT molecular complexity index is 562. The predicted octanol–water partition coefficient (Wildman–Crippen LogP) is 2.94. The van der Waals surface area contributed by atoms with Gasteiger partial charge in [0.15, 0.2) is 5.00 Å². The molecule has 19 heavy (non-hydrogen) atoms. The SMILES string of the molecule is C[C@@H](O)c1cc([N+](=O)[O-])c(N(C)Cc2ccoc2)s1. The molecule has 0 aliphatic rings. The van der Waals surface area contributed by atoms with Gasteiger partial charge in [0.2, 0.25) is 0 Å². The van der Waals surface area contributed by atoms with Crippen molar-refractivity contribution in [1.29, 1.82) is 0 Å². The monoisotopic (exact) mass is 282 g/mol. The van der Waals surface area contributed by atoms with Crippen molar-refractivity contribution in [2.45, 2.75) is 19.6 Å². The zero-order valence-corrected chi connectivity index (χ0v) is 11.4. The fourth-order valence-corrected chi connectivity index (χ4v) is 2.75. The molecular formula is C12H14N2O4S. The first-order chi connectivity index (χ1) is 8.99. The van der Waals surface area contributed by atoms with Crippen LogP contribution >= 0.6 is 11.3 Å². The van der Waals surface area contributed by atoms with Crippen LogP contribution in [0.25, 0.3) is 0 Å². The molecular weight excluding hydrogens is 268 g/mol. The lowest BCUT2D eigenvalue weighted by Gasteiger charge is -2.15. The van der Waals surface area contributed by atoms with Crippen molar-refractivity contribution >= 4 is 22.0 Å². The number of furan rings is 1. The van der Waals surface area contributed by atoms with E-state index in [1.165, 1.54) is 17.4 Å². The molecule has 7 heteroatoms. The molecule has 0 bridgehead atoms. The number of hydrogen-bond donors (Lipinski definition) is 1. The quantitative estimate of drug-likeness (QED) is 0.673. The number of thiophene rings is 1. The summed E-state index contributed by atoms with van der Waals surface area (Å²) in [7, 11) is 1.78. The van der Waals surface area contributed by atoms with Gasteiger partial charge in [0, 0.05) is 30.1 Å². The molecule has 0 saturated heterocycles. The van der Waals surface area contributed by atoms with Gasteiger partial charge in [0.1, 0.15) is 0 Å². The van der Waals surface area contributed by atoms with Crippen molar-refractivity contribution < 1.29 is 14.4 Å². The van der Waals surface area contributed by atoms with Crippen molar-refractivity contribution in [2.75, 3.05) is 11.9 Å². The fourth-order valence-electron chi connectivity index (χ4n) is 1.73. The van der Waals surface area contributed by atoms with Crippen LogP contribution in [0.15, 0.2) is 29.1 Å². The molecule has 0 fully saturated rings. The Balaban J connectivity index is 2.29. The van der Waals surface area contributed by atoms with Gasteiger partial charge < -0.3 is 14.4 Å². The smallest absolute Gasteiger partial charge is 0.304 e. The molecule has 2 aromatic heterocycles. The first-order valence-corrected chi connectivity index (χ1v) is 6.49. The van der Waals surface area contributed by atoms with Crippen molar-refractivity contribution in [3.05, 3.63) is 45.2 Å². The molecule has 2 rings (SSSR count). The van der Waals surface area contributed by atoms with Crippen LogP contribution in [-0.4, -0.2) is 17.1 Å². The lowest BCUT2D eigenvalue weighted by Crippen LogP contribution is -2.15. The van der Waals surface area contributed by atoms with Crippen LogP contribution in [0.4, 0.5) is 10.7 Å². The van der Waals surface area contributed by atoms with Crippen LogP contribution in [0.3, 0.4) is 0 Å². The average Bonchev–Trinajstić information content (AvgIpc) is 2.96. The Hall–Kier alpha value is -1.86. The molecule has 2 aromatic rings. The summed E-state index contributed by atoms with van der Waals surface area (Å²) in [6, 6.07) is 3.24. The standard InChI is InChI=1S/C12H14N2O4S/c1-8(15)11-5-10(14(16)17)12(19-11)13(2)6-9-3-4-18-7-9/h3-5,7-8,15H,6H2,1-2H3/t8-/m1/s1. The molecule has 102 valence electrons. The van der Waals surface area contributed by atoms with Gasteiger partial charge >= 0.3 is 5.69 Å². The second-order valence-corrected chi connectivity index (χ2v) is 5.32. The van der Waals surface area contributed by atoms with Gasteiger partial charge in [-0.15, -0.1) is 11.3 Å². The van der Waals surface area contributed by atoms with Crippen LogP contribution in [0, 0.1) is 10.1 Å². The summed E-state index contributed by atoms with van der Waals surface area (Å²) in [5, 5.41) is 21.1. The van der Waals surface area contributed by atoms with Crippen molar-refractivity contribution in [2.24, 2.45) is 0 Å². The van der Waals surface area contributed by atoms with Gasteiger partial charge in [-0.3, -0.25) is 10.1 Å². The molecule has 0 unspecified atom stereocenters. The number of anilines is 1. The molecule has 1 atom stereocenters. The highest BCUT2D eigenvalue weighted by Crippen LogP contribution is 2.40.